The number of carboxylic acids is 1. The maximum absolute atomic E-state index is 13.0. The molecule has 2 aliphatic rings. The van der Waals surface area contributed by atoms with Gasteiger partial charge in [0.05, 0.1) is 40.0 Å². The van der Waals surface area contributed by atoms with Crippen LogP contribution in [-0.4, -0.2) is 97.5 Å². The number of benzene rings is 1. The first-order chi connectivity index (χ1) is 22.8. The van der Waals surface area contributed by atoms with Gasteiger partial charge in [0.25, 0.3) is 0 Å². The SMILES string of the molecule is COc1cc(C(CC(=O)O)CC2CCN(C(=O)CCc3ccc4c(n3)NCCC4)CC2)ccc1OCCOCCOCCSC(C)=O. The first-order valence-electron chi connectivity index (χ1n) is 16.6. The molecule has 11 nitrogen and oxygen atoms in total. The van der Waals surface area contributed by atoms with Gasteiger partial charge in [0.1, 0.15) is 12.4 Å². The summed E-state index contributed by atoms with van der Waals surface area (Å²) in [5, 5.41) is 13.1. The lowest BCUT2D eigenvalue weighted by Gasteiger charge is -2.34. The summed E-state index contributed by atoms with van der Waals surface area (Å²) < 4.78 is 22.5. The molecule has 47 heavy (non-hydrogen) atoms. The Hall–Kier alpha value is -3.35. The Morgan fingerprint density at radius 2 is 1.81 bits per heavy atom. The standard InChI is InChI=1S/C35H49N3O8S/c1-25(39)47-21-20-45-17-16-44-18-19-46-31-9-6-28(23-32(31)43-2)29(24-34(41)42)22-26-11-14-38(15-12-26)33(40)10-8-30-7-5-27-4-3-13-36-35(27)37-30/h5-7,9,23,26,29H,3-4,8,10-22,24H2,1-2H3,(H,36,37)(H,41,42). The number of hydrogen-bond donors (Lipinski definition) is 2. The smallest absolute Gasteiger partial charge is 0.303 e. The van der Waals surface area contributed by atoms with E-state index in [2.05, 4.69) is 11.4 Å². The number of carboxylic acid groups (broad SMARTS) is 1. The molecule has 1 aromatic carbocycles. The quantitative estimate of drug-likeness (QED) is 0.196. The summed E-state index contributed by atoms with van der Waals surface area (Å²) in [6.45, 7) is 5.93. The third kappa shape index (κ3) is 12.3. The molecular weight excluding hydrogens is 622 g/mol. The summed E-state index contributed by atoms with van der Waals surface area (Å²) in [6.07, 6.45) is 5.68. The van der Waals surface area contributed by atoms with E-state index in [9.17, 15) is 19.5 Å². The van der Waals surface area contributed by atoms with Crippen molar-refractivity contribution in [3.05, 3.63) is 47.2 Å². The average molecular weight is 672 g/mol. The number of nitrogens with one attached hydrogen (secondary N) is 1. The van der Waals surface area contributed by atoms with Crippen LogP contribution in [0, 0.1) is 5.92 Å². The number of likely N-dealkylation sites (tertiary alicyclic amines) is 1. The van der Waals surface area contributed by atoms with Crippen molar-refractivity contribution in [2.45, 2.75) is 64.2 Å². The monoisotopic (exact) mass is 671 g/mol. The average Bonchev–Trinajstić information content (AvgIpc) is 3.07. The number of carbonyl (C=O) groups is 3. The van der Waals surface area contributed by atoms with Crippen LogP contribution >= 0.6 is 11.8 Å². The lowest BCUT2D eigenvalue weighted by atomic mass is 9.82. The van der Waals surface area contributed by atoms with Crippen LogP contribution in [0.25, 0.3) is 0 Å². The fourth-order valence-corrected chi connectivity index (χ4v) is 6.59. The first kappa shape index (κ1) is 36.5. The number of hydrogen-bond acceptors (Lipinski definition) is 10. The second-order valence-electron chi connectivity index (χ2n) is 12.0. The molecule has 258 valence electrons. The van der Waals surface area contributed by atoms with Crippen LogP contribution < -0.4 is 14.8 Å². The number of methoxy groups -OCH3 is 1. The molecule has 2 aliphatic heterocycles. The van der Waals surface area contributed by atoms with E-state index in [-0.39, 0.29) is 23.4 Å². The van der Waals surface area contributed by atoms with Crippen LogP contribution in [0.1, 0.15) is 68.2 Å². The lowest BCUT2D eigenvalue weighted by Crippen LogP contribution is -2.39. The van der Waals surface area contributed by atoms with Gasteiger partial charge >= 0.3 is 5.97 Å². The minimum Gasteiger partial charge on any atom is -0.493 e. The number of carbonyl (C=O) groups excluding carboxylic acids is 2. The second kappa shape index (κ2) is 19.5. The van der Waals surface area contributed by atoms with Crippen molar-refractivity contribution >= 4 is 34.6 Å². The zero-order chi connectivity index (χ0) is 33.4. The first-order valence-corrected chi connectivity index (χ1v) is 17.6. The number of pyridine rings is 1. The van der Waals surface area contributed by atoms with Gasteiger partial charge in [-0.25, -0.2) is 4.98 Å². The summed E-state index contributed by atoms with van der Waals surface area (Å²) in [5.41, 5.74) is 3.09. The molecule has 12 heteroatoms. The Bertz CT molecular complexity index is 1320. The molecule has 0 spiro atoms. The zero-order valence-corrected chi connectivity index (χ0v) is 28.5. The van der Waals surface area contributed by atoms with Gasteiger partial charge in [-0.05, 0) is 79.7 Å². The molecule has 1 aromatic heterocycles. The normalized spacial score (nSPS) is 15.4. The summed E-state index contributed by atoms with van der Waals surface area (Å²) in [6, 6.07) is 9.78. The predicted molar refractivity (Wildman–Crippen MR) is 182 cm³/mol. The number of nitrogens with zero attached hydrogens (tertiary/aromatic N) is 2. The number of fused-ring (bicyclic) bond motifs is 1. The highest BCUT2D eigenvalue weighted by atomic mass is 32.2. The summed E-state index contributed by atoms with van der Waals surface area (Å²) >= 11 is 1.24. The van der Waals surface area contributed by atoms with Crippen LogP contribution in [0.2, 0.25) is 0 Å². The van der Waals surface area contributed by atoms with Crippen molar-refractivity contribution in [3.63, 3.8) is 0 Å². The summed E-state index contributed by atoms with van der Waals surface area (Å²) in [7, 11) is 1.57. The van der Waals surface area contributed by atoms with Crippen LogP contribution in [0.4, 0.5) is 5.82 Å². The maximum Gasteiger partial charge on any atom is 0.303 e. The van der Waals surface area contributed by atoms with Crippen molar-refractivity contribution in [2.24, 2.45) is 5.92 Å². The molecule has 1 unspecified atom stereocenters. The molecule has 1 amide bonds. The third-order valence-electron chi connectivity index (χ3n) is 8.60. The second-order valence-corrected chi connectivity index (χ2v) is 13.3. The van der Waals surface area contributed by atoms with Gasteiger partial charge in [0.15, 0.2) is 16.6 Å². The van der Waals surface area contributed by atoms with Crippen molar-refractivity contribution in [3.8, 4) is 11.5 Å². The van der Waals surface area contributed by atoms with Gasteiger partial charge < -0.3 is 34.3 Å². The third-order valence-corrected chi connectivity index (χ3v) is 9.38. The van der Waals surface area contributed by atoms with E-state index in [4.69, 9.17) is 23.9 Å². The van der Waals surface area contributed by atoms with Gasteiger partial charge in [-0.2, -0.15) is 0 Å². The van der Waals surface area contributed by atoms with Gasteiger partial charge in [0, 0.05) is 44.4 Å². The molecule has 3 heterocycles. The number of aryl methyl sites for hydroxylation is 2. The van der Waals surface area contributed by atoms with Crippen LogP contribution in [0.15, 0.2) is 30.3 Å². The number of aliphatic carboxylic acids is 1. The predicted octanol–water partition coefficient (Wildman–Crippen LogP) is 4.96. The van der Waals surface area contributed by atoms with Gasteiger partial charge in [-0.1, -0.05) is 23.9 Å². The highest BCUT2D eigenvalue weighted by Gasteiger charge is 2.27. The van der Waals surface area contributed by atoms with Crippen molar-refractivity contribution < 1.29 is 38.4 Å². The summed E-state index contributed by atoms with van der Waals surface area (Å²) in [5.74, 6) is 2.17. The van der Waals surface area contributed by atoms with Crippen LogP contribution in [0.5, 0.6) is 11.5 Å². The van der Waals surface area contributed by atoms with E-state index in [0.717, 1.165) is 55.7 Å². The van der Waals surface area contributed by atoms with Crippen molar-refractivity contribution in [1.82, 2.24) is 9.88 Å². The van der Waals surface area contributed by atoms with Gasteiger partial charge in [-0.15, -0.1) is 0 Å². The number of anilines is 1. The molecule has 2 aromatic rings. The van der Waals surface area contributed by atoms with Gasteiger partial charge in [0.2, 0.25) is 5.91 Å². The fourth-order valence-electron chi connectivity index (χ4n) is 6.10. The number of rotatable bonds is 19. The fraction of sp³-hybridized carbons (Fsp3) is 0.600. The van der Waals surface area contributed by atoms with Crippen molar-refractivity contribution in [1.29, 1.82) is 0 Å². The molecule has 2 N–H and O–H groups in total. The largest absolute Gasteiger partial charge is 0.493 e. The van der Waals surface area contributed by atoms with Gasteiger partial charge in [-0.3, -0.25) is 14.4 Å². The van der Waals surface area contributed by atoms with E-state index >= 15 is 0 Å². The highest BCUT2D eigenvalue weighted by Crippen LogP contribution is 2.37. The van der Waals surface area contributed by atoms with E-state index in [0.29, 0.717) is 82.1 Å². The molecule has 4 rings (SSSR count). The Balaban J connectivity index is 1.20. The highest BCUT2D eigenvalue weighted by molar-refractivity contribution is 8.13. The molecule has 0 bridgehead atoms. The summed E-state index contributed by atoms with van der Waals surface area (Å²) in [4.78, 5) is 42.4. The van der Waals surface area contributed by atoms with E-state index in [1.165, 1.54) is 24.2 Å². The Morgan fingerprint density at radius 1 is 1.04 bits per heavy atom. The van der Waals surface area contributed by atoms with E-state index in [1.54, 1.807) is 7.11 Å². The molecule has 0 aliphatic carbocycles. The Labute approximate surface area is 282 Å². The maximum atomic E-state index is 13.0. The number of ether oxygens (including phenoxy) is 4. The van der Waals surface area contributed by atoms with E-state index in [1.807, 2.05) is 29.2 Å². The molecular formula is C35H49N3O8S. The molecule has 1 saturated heterocycles. The number of piperidine rings is 1. The lowest BCUT2D eigenvalue weighted by molar-refractivity contribution is -0.137. The minimum absolute atomic E-state index is 0.0223. The number of aromatic nitrogens is 1. The Kier molecular flexibility index (Phi) is 15.1. The van der Waals surface area contributed by atoms with Crippen LogP contribution in [0.3, 0.4) is 0 Å². The molecule has 1 atom stereocenters. The van der Waals surface area contributed by atoms with E-state index < -0.39 is 5.97 Å². The molecule has 0 saturated carbocycles. The number of amides is 1. The Morgan fingerprint density at radius 3 is 2.55 bits per heavy atom. The molecule has 0 radical (unpaired) electrons. The minimum atomic E-state index is -0.841. The van der Waals surface area contributed by atoms with Crippen LogP contribution in [-0.2, 0) is 36.7 Å². The topological polar surface area (TPSA) is 137 Å². The zero-order valence-electron chi connectivity index (χ0n) is 27.7. The molecule has 1 fully saturated rings. The van der Waals surface area contributed by atoms with Crippen molar-refractivity contribution in [2.75, 3.05) is 70.8 Å². The number of thioether (sulfide) groups is 1.